The van der Waals surface area contributed by atoms with E-state index in [1.165, 1.54) is 11.3 Å². The fourth-order valence-electron chi connectivity index (χ4n) is 6.15. The molecule has 1 aliphatic rings. The molecule has 0 amide bonds. The van der Waals surface area contributed by atoms with Gasteiger partial charge < -0.3 is 18.6 Å². The van der Waals surface area contributed by atoms with Crippen LogP contribution in [0.25, 0.3) is 33.9 Å². The summed E-state index contributed by atoms with van der Waals surface area (Å²) in [7, 11) is 1.57. The largest absolute Gasteiger partial charge is 0.496 e. The number of benzene rings is 4. The van der Waals surface area contributed by atoms with Crippen molar-refractivity contribution in [3.05, 3.63) is 151 Å². The molecule has 250 valence electrons. The molecule has 0 fully saturated rings. The fourth-order valence-corrected chi connectivity index (χ4v) is 7.13. The van der Waals surface area contributed by atoms with Crippen molar-refractivity contribution in [1.82, 2.24) is 4.57 Å². The van der Waals surface area contributed by atoms with Gasteiger partial charge in [-0.15, -0.1) is 0 Å². The Kier molecular flexibility index (Phi) is 9.02. The number of hydrogen-bond acceptors (Lipinski definition) is 9. The average Bonchev–Trinajstić information content (AvgIpc) is 3.74. The first-order valence-corrected chi connectivity index (χ1v) is 16.9. The molecule has 1 aliphatic heterocycles. The number of nitrogens with zero attached hydrogens (tertiary/aromatic N) is 2. The zero-order valence-electron chi connectivity index (χ0n) is 27.5. The number of esters is 2. The molecular weight excluding hydrogens is 653 g/mol. The van der Waals surface area contributed by atoms with E-state index in [-0.39, 0.29) is 17.7 Å². The van der Waals surface area contributed by atoms with Crippen LogP contribution >= 0.6 is 11.3 Å². The van der Waals surface area contributed by atoms with Crippen LogP contribution < -0.4 is 19.6 Å². The molecule has 7 rings (SSSR count). The fraction of sp³-hybridized carbons (Fsp3) is 0.150. The molecular formula is C40H32N2O7S. The number of furan rings is 1. The molecule has 1 atom stereocenters. The van der Waals surface area contributed by atoms with E-state index in [1.54, 1.807) is 68.0 Å². The van der Waals surface area contributed by atoms with E-state index in [0.717, 1.165) is 16.3 Å². The number of carbonyl (C=O) groups is 2. The standard InChI is InChI=1S/C40H32N2O7S/c1-4-47-38(44)27-17-15-25(16-18-27)30-22-20-28(49-30)23-32-37(43)42-36(33-29-14-10-9-11-24(29)19-21-31(33)46-3)34(39(45)48-5-2)35(41-40(42)50-32)26-12-7-6-8-13-26/h6-23,36H,4-5H2,1-3H3/b32-23+/t36-/m1/s1. The summed E-state index contributed by atoms with van der Waals surface area (Å²) in [4.78, 5) is 46.0. The van der Waals surface area contributed by atoms with Gasteiger partial charge >= 0.3 is 11.9 Å². The van der Waals surface area contributed by atoms with Crippen LogP contribution in [0.15, 0.2) is 123 Å². The number of thiazole rings is 1. The van der Waals surface area contributed by atoms with Gasteiger partial charge in [0.2, 0.25) is 0 Å². The molecule has 4 aromatic carbocycles. The monoisotopic (exact) mass is 684 g/mol. The maximum Gasteiger partial charge on any atom is 0.338 e. The van der Waals surface area contributed by atoms with Crippen molar-refractivity contribution < 1.29 is 28.2 Å². The topological polar surface area (TPSA) is 109 Å². The van der Waals surface area contributed by atoms with Crippen molar-refractivity contribution in [3.63, 3.8) is 0 Å². The predicted octanol–water partition coefficient (Wildman–Crippen LogP) is 6.53. The lowest BCUT2D eigenvalue weighted by molar-refractivity contribution is -0.138. The summed E-state index contributed by atoms with van der Waals surface area (Å²) < 4.78 is 24.7. The molecule has 0 radical (unpaired) electrons. The zero-order valence-corrected chi connectivity index (χ0v) is 28.4. The summed E-state index contributed by atoms with van der Waals surface area (Å²) in [6.07, 6.45) is 1.67. The first kappa shape index (κ1) is 32.5. The van der Waals surface area contributed by atoms with Crippen molar-refractivity contribution in [1.29, 1.82) is 0 Å². The number of hydrogen-bond donors (Lipinski definition) is 0. The lowest BCUT2D eigenvalue weighted by Gasteiger charge is -2.28. The minimum atomic E-state index is -0.922. The predicted molar refractivity (Wildman–Crippen MR) is 192 cm³/mol. The van der Waals surface area contributed by atoms with E-state index in [0.29, 0.717) is 55.6 Å². The van der Waals surface area contributed by atoms with E-state index >= 15 is 0 Å². The highest BCUT2D eigenvalue weighted by atomic mass is 32.1. The first-order chi connectivity index (χ1) is 24.4. The van der Waals surface area contributed by atoms with Crippen molar-refractivity contribution in [2.75, 3.05) is 20.3 Å². The second kappa shape index (κ2) is 13.9. The molecule has 0 aliphatic carbocycles. The molecule has 10 heteroatoms. The molecule has 0 unspecified atom stereocenters. The minimum Gasteiger partial charge on any atom is -0.496 e. The van der Waals surface area contributed by atoms with Crippen LogP contribution in [0, 0.1) is 0 Å². The van der Waals surface area contributed by atoms with Gasteiger partial charge in [0, 0.05) is 22.8 Å². The summed E-state index contributed by atoms with van der Waals surface area (Å²) in [5.74, 6) is 0.564. The number of carbonyl (C=O) groups excluding carboxylic acids is 2. The van der Waals surface area contributed by atoms with Gasteiger partial charge in [0.05, 0.1) is 41.7 Å². The lowest BCUT2D eigenvalue weighted by atomic mass is 9.89. The van der Waals surface area contributed by atoms with Gasteiger partial charge in [0.1, 0.15) is 23.3 Å². The molecule has 0 saturated heterocycles. The highest BCUT2D eigenvalue weighted by Crippen LogP contribution is 2.42. The average molecular weight is 685 g/mol. The second-order valence-electron chi connectivity index (χ2n) is 11.3. The van der Waals surface area contributed by atoms with E-state index in [2.05, 4.69) is 0 Å². The van der Waals surface area contributed by atoms with Gasteiger partial charge in [0.15, 0.2) is 4.80 Å². The van der Waals surface area contributed by atoms with Gasteiger partial charge in [-0.25, -0.2) is 14.6 Å². The highest BCUT2D eigenvalue weighted by Gasteiger charge is 2.37. The smallest absolute Gasteiger partial charge is 0.338 e. The second-order valence-corrected chi connectivity index (χ2v) is 12.3. The number of fused-ring (bicyclic) bond motifs is 2. The van der Waals surface area contributed by atoms with Gasteiger partial charge in [-0.1, -0.05) is 84.1 Å². The third-order valence-corrected chi connectivity index (χ3v) is 9.36. The maximum absolute atomic E-state index is 14.5. The lowest BCUT2D eigenvalue weighted by Crippen LogP contribution is -2.40. The molecule has 50 heavy (non-hydrogen) atoms. The van der Waals surface area contributed by atoms with Crippen LogP contribution in [0.5, 0.6) is 5.75 Å². The Morgan fingerprint density at radius 3 is 2.30 bits per heavy atom. The Bertz CT molecular complexity index is 2460. The van der Waals surface area contributed by atoms with Crippen LogP contribution in [0.3, 0.4) is 0 Å². The van der Waals surface area contributed by atoms with E-state index < -0.39 is 18.0 Å². The molecule has 0 bridgehead atoms. The van der Waals surface area contributed by atoms with Crippen molar-refractivity contribution in [2.45, 2.75) is 19.9 Å². The van der Waals surface area contributed by atoms with Crippen molar-refractivity contribution >= 4 is 45.8 Å². The summed E-state index contributed by atoms with van der Waals surface area (Å²) in [6, 6.07) is 30.6. The molecule has 2 aromatic heterocycles. The summed E-state index contributed by atoms with van der Waals surface area (Å²) >= 11 is 1.20. The third kappa shape index (κ3) is 5.94. The van der Waals surface area contributed by atoms with Crippen LogP contribution in [-0.2, 0) is 14.3 Å². The molecule has 6 aromatic rings. The van der Waals surface area contributed by atoms with Crippen LogP contribution in [0.4, 0.5) is 0 Å². The molecule has 0 saturated carbocycles. The Hall–Kier alpha value is -6.00. The summed E-state index contributed by atoms with van der Waals surface area (Å²) in [6.45, 7) is 3.94. The highest BCUT2D eigenvalue weighted by molar-refractivity contribution is 7.07. The summed E-state index contributed by atoms with van der Waals surface area (Å²) in [5, 5.41) is 1.75. The van der Waals surface area contributed by atoms with Crippen LogP contribution in [0.2, 0.25) is 0 Å². The van der Waals surface area contributed by atoms with E-state index in [1.807, 2.05) is 66.7 Å². The number of rotatable bonds is 9. The van der Waals surface area contributed by atoms with Gasteiger partial charge in [-0.3, -0.25) is 9.36 Å². The number of aromatic nitrogens is 1. The van der Waals surface area contributed by atoms with Crippen LogP contribution in [0.1, 0.15) is 47.1 Å². The normalized spacial score (nSPS) is 14.3. The molecule has 0 N–H and O–H groups in total. The number of methoxy groups -OCH3 is 1. The number of ether oxygens (including phenoxy) is 3. The van der Waals surface area contributed by atoms with E-state index in [9.17, 15) is 14.4 Å². The Labute approximate surface area is 291 Å². The van der Waals surface area contributed by atoms with Gasteiger partial charge in [0.25, 0.3) is 5.56 Å². The third-order valence-electron chi connectivity index (χ3n) is 8.38. The van der Waals surface area contributed by atoms with Crippen LogP contribution in [-0.4, -0.2) is 36.8 Å². The Morgan fingerprint density at radius 2 is 1.56 bits per heavy atom. The minimum absolute atomic E-state index is 0.139. The Morgan fingerprint density at radius 1 is 0.840 bits per heavy atom. The van der Waals surface area contributed by atoms with E-state index in [4.69, 9.17) is 23.6 Å². The Balaban J connectivity index is 1.43. The van der Waals surface area contributed by atoms with Crippen molar-refractivity contribution in [3.8, 4) is 17.1 Å². The summed E-state index contributed by atoms with van der Waals surface area (Å²) in [5.41, 5.74) is 2.87. The first-order valence-electron chi connectivity index (χ1n) is 16.1. The molecule has 9 nitrogen and oxygen atoms in total. The molecule has 3 heterocycles. The SMILES string of the molecule is CCOC(=O)C1=C(c2ccccc2)N=c2s/c(=C/c3ccc(-c4ccc(C(=O)OCC)cc4)o3)c(=O)n2[C@@H]1c1c(OC)ccc2ccccc12. The van der Waals surface area contributed by atoms with Gasteiger partial charge in [-0.05, 0) is 55.0 Å². The maximum atomic E-state index is 14.5. The molecule has 0 spiro atoms. The zero-order chi connectivity index (χ0) is 34.8. The van der Waals surface area contributed by atoms with Gasteiger partial charge in [-0.2, -0.15) is 0 Å². The van der Waals surface area contributed by atoms with Crippen molar-refractivity contribution in [2.24, 2.45) is 4.99 Å². The quantitative estimate of drug-likeness (QED) is 0.159.